The van der Waals surface area contributed by atoms with E-state index in [1.165, 1.54) is 6.20 Å². The van der Waals surface area contributed by atoms with Crippen molar-refractivity contribution >= 4 is 51.8 Å². The number of hydrogen-bond acceptors (Lipinski definition) is 5. The first-order chi connectivity index (χ1) is 17.8. The van der Waals surface area contributed by atoms with Crippen LogP contribution in [0, 0.1) is 5.41 Å². The Balaban J connectivity index is 1.33. The van der Waals surface area contributed by atoms with Crippen LogP contribution in [0.3, 0.4) is 0 Å². The van der Waals surface area contributed by atoms with E-state index in [0.717, 1.165) is 28.6 Å². The molecule has 1 aliphatic rings. The van der Waals surface area contributed by atoms with E-state index in [1.54, 1.807) is 37.1 Å². The number of aliphatic carboxylic acids is 1. The zero-order valence-electron chi connectivity index (χ0n) is 20.8. The number of rotatable bonds is 11. The third kappa shape index (κ3) is 6.88. The number of benzene rings is 2. The Morgan fingerprint density at radius 1 is 1.24 bits per heavy atom. The Hall–Kier alpha value is -2.06. The monoisotopic (exact) mass is 564 g/mol. The number of carbonyl (C=O) groups is 1. The summed E-state index contributed by atoms with van der Waals surface area (Å²) in [4.78, 5) is 20.1. The number of carboxylic acids is 1. The van der Waals surface area contributed by atoms with Crippen molar-refractivity contribution < 1.29 is 19.0 Å². The fraction of sp³-hybridized carbons (Fsp3) is 0.429. The predicted octanol–water partition coefficient (Wildman–Crippen LogP) is 7.69. The normalized spacial score (nSPS) is 16.5. The van der Waals surface area contributed by atoms with Gasteiger partial charge in [0.1, 0.15) is 11.9 Å². The van der Waals surface area contributed by atoms with Gasteiger partial charge in [-0.1, -0.05) is 29.3 Å². The third-order valence-corrected chi connectivity index (χ3v) is 8.82. The molecular formula is C28H31Cl2FN2O3S. The molecule has 2 aromatic carbocycles. The molecule has 37 heavy (non-hydrogen) atoms. The molecule has 5 nitrogen and oxygen atoms in total. The topological polar surface area (TPSA) is 62.7 Å². The quantitative estimate of drug-likeness (QED) is 0.190. The molecular weight excluding hydrogens is 534 g/mol. The Morgan fingerprint density at radius 2 is 2.03 bits per heavy atom. The van der Waals surface area contributed by atoms with Gasteiger partial charge in [-0.2, -0.15) is 0 Å². The molecule has 1 atom stereocenters. The van der Waals surface area contributed by atoms with Crippen molar-refractivity contribution in [3.63, 3.8) is 0 Å². The predicted molar refractivity (Wildman–Crippen MR) is 149 cm³/mol. The Morgan fingerprint density at radius 3 is 2.73 bits per heavy atom. The SMILES string of the molecule is COc1ccc2ncc(Cl)c([C@H](F)CCC3(C(=O)O)CCN(CCCSc4cccc(Cl)c4)CC3)c2c1. The molecule has 1 fully saturated rings. The number of ether oxygens (including phenoxy) is 1. The summed E-state index contributed by atoms with van der Waals surface area (Å²) in [6.45, 7) is 2.30. The molecule has 1 aromatic heterocycles. The molecule has 0 radical (unpaired) electrons. The first kappa shape index (κ1) is 28.0. The summed E-state index contributed by atoms with van der Waals surface area (Å²) < 4.78 is 20.9. The van der Waals surface area contributed by atoms with Crippen LogP contribution in [0.1, 0.15) is 43.8 Å². The third-order valence-electron chi connectivity index (χ3n) is 7.21. The molecule has 1 N–H and O–H groups in total. The molecule has 1 saturated heterocycles. The number of halogens is 3. The number of likely N-dealkylation sites (tertiary alicyclic amines) is 1. The summed E-state index contributed by atoms with van der Waals surface area (Å²) in [5.41, 5.74) is 0.0435. The number of piperidine rings is 1. The fourth-order valence-electron chi connectivity index (χ4n) is 4.97. The second-order valence-corrected chi connectivity index (χ2v) is 11.5. The number of fused-ring (bicyclic) bond motifs is 1. The maximum Gasteiger partial charge on any atom is 0.309 e. The molecule has 4 rings (SSSR count). The van der Waals surface area contributed by atoms with Gasteiger partial charge < -0.3 is 14.7 Å². The molecule has 198 valence electrons. The fourth-order valence-corrected chi connectivity index (χ4v) is 6.39. The first-order valence-corrected chi connectivity index (χ1v) is 14.2. The summed E-state index contributed by atoms with van der Waals surface area (Å²) in [5.74, 6) is 0.712. The van der Waals surface area contributed by atoms with E-state index < -0.39 is 17.6 Å². The van der Waals surface area contributed by atoms with Crippen LogP contribution >= 0.6 is 35.0 Å². The molecule has 0 unspecified atom stereocenters. The van der Waals surface area contributed by atoms with Gasteiger partial charge in [0, 0.05) is 27.1 Å². The number of thioether (sulfide) groups is 1. The number of pyridine rings is 1. The lowest BCUT2D eigenvalue weighted by molar-refractivity contribution is -0.153. The van der Waals surface area contributed by atoms with Crippen LogP contribution in [0.15, 0.2) is 53.6 Å². The van der Waals surface area contributed by atoms with Gasteiger partial charge in [-0.3, -0.25) is 9.78 Å². The lowest BCUT2D eigenvalue weighted by Gasteiger charge is -2.39. The van der Waals surface area contributed by atoms with E-state index in [9.17, 15) is 9.90 Å². The summed E-state index contributed by atoms with van der Waals surface area (Å²) in [6.07, 6.45) is 2.41. The van der Waals surface area contributed by atoms with Gasteiger partial charge in [0.2, 0.25) is 0 Å². The smallest absolute Gasteiger partial charge is 0.309 e. The number of aromatic nitrogens is 1. The van der Waals surface area contributed by atoms with Crippen molar-refractivity contribution in [2.45, 2.75) is 43.2 Å². The van der Waals surface area contributed by atoms with E-state index in [2.05, 4.69) is 16.0 Å². The number of nitrogens with zero attached hydrogens (tertiary/aromatic N) is 2. The van der Waals surface area contributed by atoms with Crippen LogP contribution in [0.4, 0.5) is 4.39 Å². The average molecular weight is 566 g/mol. The Kier molecular flexibility index (Phi) is 9.57. The summed E-state index contributed by atoms with van der Waals surface area (Å²) in [5, 5.41) is 11.7. The molecule has 3 aromatic rings. The Bertz CT molecular complexity index is 1240. The first-order valence-electron chi connectivity index (χ1n) is 12.4. The maximum atomic E-state index is 15.6. The standard InChI is InChI=1S/C28H31Cl2FN2O3S/c1-36-20-6-7-25-22(17-20)26(23(30)18-32-25)24(31)8-9-28(27(34)35)10-13-33(14-11-28)12-3-15-37-21-5-2-4-19(29)16-21/h2,4-7,16-18,24H,3,8-15H2,1H3,(H,34,35)/t24-/m1/s1. The van der Waals surface area contributed by atoms with E-state index >= 15 is 4.39 Å². The number of hydrogen-bond donors (Lipinski definition) is 1. The molecule has 0 amide bonds. The average Bonchev–Trinajstić information content (AvgIpc) is 2.90. The minimum Gasteiger partial charge on any atom is -0.497 e. The van der Waals surface area contributed by atoms with Gasteiger partial charge >= 0.3 is 5.97 Å². The highest BCUT2D eigenvalue weighted by atomic mass is 35.5. The van der Waals surface area contributed by atoms with Crippen molar-refractivity contribution in [2.24, 2.45) is 5.41 Å². The largest absolute Gasteiger partial charge is 0.497 e. The van der Waals surface area contributed by atoms with Crippen molar-refractivity contribution in [2.75, 3.05) is 32.5 Å². The van der Waals surface area contributed by atoms with Crippen molar-refractivity contribution in [3.05, 3.63) is 64.3 Å². The Labute approximate surface area is 231 Å². The number of methoxy groups -OCH3 is 1. The molecule has 0 saturated carbocycles. The highest BCUT2D eigenvalue weighted by Crippen LogP contribution is 2.42. The van der Waals surface area contributed by atoms with Gasteiger partial charge in [0.15, 0.2) is 0 Å². The number of carboxylic acid groups (broad SMARTS) is 1. The van der Waals surface area contributed by atoms with E-state index in [-0.39, 0.29) is 17.9 Å². The molecule has 0 bridgehead atoms. The lowest BCUT2D eigenvalue weighted by Crippen LogP contribution is -2.44. The van der Waals surface area contributed by atoms with Crippen LogP contribution in [0.5, 0.6) is 5.75 Å². The van der Waals surface area contributed by atoms with Crippen LogP contribution < -0.4 is 4.74 Å². The van der Waals surface area contributed by atoms with E-state index in [4.69, 9.17) is 27.9 Å². The van der Waals surface area contributed by atoms with Gasteiger partial charge in [-0.05, 0) is 93.9 Å². The van der Waals surface area contributed by atoms with Crippen molar-refractivity contribution in [1.82, 2.24) is 9.88 Å². The lowest BCUT2D eigenvalue weighted by atomic mass is 9.74. The molecule has 0 spiro atoms. The minimum absolute atomic E-state index is 0.0820. The zero-order chi connectivity index (χ0) is 26.4. The van der Waals surface area contributed by atoms with Gasteiger partial charge in [0.25, 0.3) is 0 Å². The summed E-state index contributed by atoms with van der Waals surface area (Å²) in [7, 11) is 1.55. The molecule has 0 aliphatic carbocycles. The van der Waals surface area contributed by atoms with E-state index in [1.807, 2.05) is 18.2 Å². The minimum atomic E-state index is -1.40. The second-order valence-electron chi connectivity index (χ2n) is 9.50. The van der Waals surface area contributed by atoms with Crippen LogP contribution in [-0.4, -0.2) is 53.5 Å². The maximum absolute atomic E-state index is 15.6. The second kappa shape index (κ2) is 12.7. The van der Waals surface area contributed by atoms with Gasteiger partial charge in [-0.25, -0.2) is 4.39 Å². The van der Waals surface area contributed by atoms with Crippen LogP contribution in [0.25, 0.3) is 10.9 Å². The molecule has 9 heteroatoms. The summed E-state index contributed by atoms with van der Waals surface area (Å²) >= 11 is 14.2. The van der Waals surface area contributed by atoms with Gasteiger partial charge in [0.05, 0.1) is 23.1 Å². The van der Waals surface area contributed by atoms with Crippen LogP contribution in [0.2, 0.25) is 10.0 Å². The highest BCUT2D eigenvalue weighted by molar-refractivity contribution is 7.99. The molecule has 1 aliphatic heterocycles. The van der Waals surface area contributed by atoms with Crippen LogP contribution in [-0.2, 0) is 4.79 Å². The van der Waals surface area contributed by atoms with Crippen molar-refractivity contribution in [1.29, 1.82) is 0 Å². The molecule has 2 heterocycles. The highest BCUT2D eigenvalue weighted by Gasteiger charge is 2.41. The van der Waals surface area contributed by atoms with E-state index in [0.29, 0.717) is 48.1 Å². The van der Waals surface area contributed by atoms with Crippen molar-refractivity contribution in [3.8, 4) is 5.75 Å². The summed E-state index contributed by atoms with van der Waals surface area (Å²) in [6, 6.07) is 13.1. The number of alkyl halides is 1. The zero-order valence-corrected chi connectivity index (χ0v) is 23.1. The van der Waals surface area contributed by atoms with Gasteiger partial charge in [-0.15, -0.1) is 11.8 Å².